The number of aromatic amines is 3. The van der Waals surface area contributed by atoms with E-state index in [4.69, 9.17) is 9.97 Å². The van der Waals surface area contributed by atoms with Crippen LogP contribution in [0.3, 0.4) is 0 Å². The van der Waals surface area contributed by atoms with Crippen LogP contribution in [-0.2, 0) is 0 Å². The molecule has 7 aromatic rings. The van der Waals surface area contributed by atoms with Crippen LogP contribution in [0, 0.1) is 0 Å². The van der Waals surface area contributed by atoms with E-state index in [2.05, 4.69) is 140 Å². The topological polar surface area (TPSA) is 73.2 Å². The first-order valence-corrected chi connectivity index (χ1v) is 18.6. The number of allylic oxidation sites excluding steroid dienone is 4. The molecule has 0 fully saturated rings. The van der Waals surface area contributed by atoms with Gasteiger partial charge in [-0.3, -0.25) is 0 Å². The number of nitrogens with one attached hydrogen (secondary N) is 3. The van der Waals surface area contributed by atoms with Crippen LogP contribution in [0.15, 0.2) is 97.1 Å². The molecule has 0 aliphatic carbocycles. The van der Waals surface area contributed by atoms with Gasteiger partial charge in [0.1, 0.15) is 0 Å². The highest BCUT2D eigenvalue weighted by atomic mass is 14.8. The summed E-state index contributed by atoms with van der Waals surface area (Å²) in [6.07, 6.45) is 6.51. The molecule has 3 aromatic carbocycles. The summed E-state index contributed by atoms with van der Waals surface area (Å²) >= 11 is 0. The molecule has 5 nitrogen and oxygen atoms in total. The van der Waals surface area contributed by atoms with Crippen molar-refractivity contribution in [2.75, 3.05) is 0 Å². The molecule has 6 heterocycles. The Labute approximate surface area is 297 Å². The van der Waals surface area contributed by atoms with Gasteiger partial charge in [-0.15, -0.1) is 0 Å². The minimum Gasteiger partial charge on any atom is -0.354 e. The first-order valence-electron chi connectivity index (χ1n) is 18.6. The van der Waals surface area contributed by atoms with Gasteiger partial charge in [0.2, 0.25) is 0 Å². The van der Waals surface area contributed by atoms with Gasteiger partial charge in [0.15, 0.2) is 0 Å². The van der Waals surface area contributed by atoms with E-state index < -0.39 is 0 Å². The lowest BCUT2D eigenvalue weighted by Gasteiger charge is -2.03. The fourth-order valence-corrected chi connectivity index (χ4v) is 8.15. The molecule has 2 aliphatic heterocycles. The van der Waals surface area contributed by atoms with Gasteiger partial charge in [-0.2, -0.15) is 0 Å². The number of unbranched alkanes of at least 4 members (excludes halogenated alkanes) is 2. The normalized spacial score (nSPS) is 13.4. The summed E-state index contributed by atoms with van der Waals surface area (Å²) in [5.41, 5.74) is 15.7. The number of rotatable bonds is 6. The van der Waals surface area contributed by atoms with Crippen LogP contribution in [0.4, 0.5) is 0 Å². The minimum absolute atomic E-state index is 0.997. The van der Waals surface area contributed by atoms with Crippen LogP contribution < -0.4 is 0 Å². The van der Waals surface area contributed by atoms with Gasteiger partial charge < -0.3 is 15.0 Å². The van der Waals surface area contributed by atoms with Crippen molar-refractivity contribution < 1.29 is 0 Å². The number of H-pyrrole nitrogens is 3. The molecule has 5 heteroatoms. The highest BCUT2D eigenvalue weighted by Gasteiger charge is 2.20. The highest BCUT2D eigenvalue weighted by Crippen LogP contribution is 2.39. The Kier molecular flexibility index (Phi) is 7.72. The van der Waals surface area contributed by atoms with Crippen LogP contribution in [0.25, 0.3) is 87.7 Å². The number of hydrogen-bond acceptors (Lipinski definition) is 2. The van der Waals surface area contributed by atoms with Gasteiger partial charge in [0.05, 0.1) is 33.8 Å². The Morgan fingerprint density at radius 2 is 0.765 bits per heavy atom. The molecule has 0 unspecified atom stereocenters. The summed E-state index contributed by atoms with van der Waals surface area (Å²) in [5, 5.41) is 7.13. The Morgan fingerprint density at radius 1 is 0.431 bits per heavy atom. The van der Waals surface area contributed by atoms with Crippen LogP contribution in [0.1, 0.15) is 89.0 Å². The lowest BCUT2D eigenvalue weighted by Crippen LogP contribution is -1.84. The molecule has 252 valence electrons. The maximum atomic E-state index is 5.37. The number of fused-ring (bicyclic) bond motifs is 20. The predicted molar refractivity (Wildman–Crippen MR) is 218 cm³/mol. The summed E-state index contributed by atoms with van der Waals surface area (Å²) in [4.78, 5) is 22.3. The van der Waals surface area contributed by atoms with E-state index in [9.17, 15) is 0 Å². The van der Waals surface area contributed by atoms with Crippen LogP contribution in [-0.4, -0.2) is 24.9 Å². The molecule has 2 aliphatic rings. The smallest absolute Gasteiger partial charge is 0.0710 e. The standard InChI is InChI=1S/C46H43N5/c1-5-7-15-29-27(3)37-23-43-33-19-11-13-21-35(33)45(50-43)46-36-22-14-12-20-34(36)44(51-46)24-38-28(4)30(16-8-6-2)40(48-38)26-42-32-18-10-9-17-31(32)41(49-42)25-39(29)47-37/h9-14,17-26,49-51H,5-8,15-16H2,1-4H3. The van der Waals surface area contributed by atoms with Gasteiger partial charge in [-0.05, 0) is 86.1 Å². The monoisotopic (exact) mass is 665 g/mol. The fourth-order valence-electron chi connectivity index (χ4n) is 8.15. The average Bonchev–Trinajstić information content (AvgIpc) is 3.93. The molecule has 3 N–H and O–H groups in total. The molecular formula is C46H43N5. The SMILES string of the molecule is CCCCC1=C(C)c2cc3[nH]c(c4ccccc34)c3[nH]c(cc4nc(cc5[nH]c(cc1n2)c1ccccc51)C(CCCC)=C4C)c1ccccc13. The van der Waals surface area contributed by atoms with Crippen LogP contribution >= 0.6 is 0 Å². The predicted octanol–water partition coefficient (Wildman–Crippen LogP) is 13.1. The zero-order chi connectivity index (χ0) is 34.6. The zero-order valence-corrected chi connectivity index (χ0v) is 29.9. The Morgan fingerprint density at radius 3 is 1.16 bits per heavy atom. The molecule has 0 atom stereocenters. The molecular weight excluding hydrogens is 623 g/mol. The van der Waals surface area contributed by atoms with Crippen molar-refractivity contribution in [2.45, 2.75) is 66.2 Å². The Balaban J connectivity index is 1.48. The Hall–Kier alpha value is -5.68. The molecule has 51 heavy (non-hydrogen) atoms. The molecule has 0 saturated heterocycles. The largest absolute Gasteiger partial charge is 0.354 e. The van der Waals surface area contributed by atoms with E-state index >= 15 is 0 Å². The summed E-state index contributed by atoms with van der Waals surface area (Å²) < 4.78 is 0. The van der Waals surface area contributed by atoms with Crippen molar-refractivity contribution in [1.82, 2.24) is 24.9 Å². The molecule has 0 amide bonds. The van der Waals surface area contributed by atoms with Crippen molar-refractivity contribution in [2.24, 2.45) is 0 Å². The number of benzene rings is 3. The van der Waals surface area contributed by atoms with Crippen LogP contribution in [0.5, 0.6) is 0 Å². The third kappa shape index (κ3) is 5.22. The second kappa shape index (κ2) is 12.6. The maximum absolute atomic E-state index is 5.37. The van der Waals surface area contributed by atoms with E-state index in [-0.39, 0.29) is 0 Å². The van der Waals surface area contributed by atoms with E-state index in [1.165, 1.54) is 54.6 Å². The molecule has 0 radical (unpaired) electrons. The van der Waals surface area contributed by atoms with E-state index in [0.29, 0.717) is 0 Å². The summed E-state index contributed by atoms with van der Waals surface area (Å²) in [5.74, 6) is 0. The Bertz CT molecular complexity index is 2610. The second-order valence-corrected chi connectivity index (χ2v) is 14.2. The first kappa shape index (κ1) is 31.3. The van der Waals surface area contributed by atoms with Crippen LogP contribution in [0.2, 0.25) is 0 Å². The van der Waals surface area contributed by atoms with Crippen molar-refractivity contribution in [3.8, 4) is 0 Å². The zero-order valence-electron chi connectivity index (χ0n) is 29.9. The van der Waals surface area contributed by atoms with E-state index in [0.717, 1.165) is 94.4 Å². The van der Waals surface area contributed by atoms with Crippen molar-refractivity contribution in [3.63, 3.8) is 0 Å². The number of hydrogen-bond donors (Lipinski definition) is 3. The third-order valence-corrected chi connectivity index (χ3v) is 11.0. The summed E-state index contributed by atoms with van der Waals surface area (Å²) in [7, 11) is 0. The van der Waals surface area contributed by atoms with Gasteiger partial charge in [0, 0.05) is 54.4 Å². The van der Waals surface area contributed by atoms with E-state index in [1.807, 2.05) is 0 Å². The fraction of sp³-hybridized carbons (Fsp3) is 0.217. The quantitative estimate of drug-likeness (QED) is 0.165. The second-order valence-electron chi connectivity index (χ2n) is 14.2. The summed E-state index contributed by atoms with van der Waals surface area (Å²) in [6, 6.07) is 35.1. The maximum Gasteiger partial charge on any atom is 0.0710 e. The van der Waals surface area contributed by atoms with Crippen molar-refractivity contribution in [3.05, 3.63) is 120 Å². The summed E-state index contributed by atoms with van der Waals surface area (Å²) in [6.45, 7) is 9.00. The third-order valence-electron chi connectivity index (χ3n) is 11.0. The van der Waals surface area contributed by atoms with Crippen molar-refractivity contribution >= 4 is 87.7 Å². The molecule has 0 spiro atoms. The molecule has 4 aromatic heterocycles. The van der Waals surface area contributed by atoms with Gasteiger partial charge in [-0.1, -0.05) is 99.5 Å². The van der Waals surface area contributed by atoms with Crippen molar-refractivity contribution in [1.29, 1.82) is 0 Å². The average molecular weight is 666 g/mol. The van der Waals surface area contributed by atoms with Gasteiger partial charge >= 0.3 is 0 Å². The molecule has 0 saturated carbocycles. The number of nitrogens with zero attached hydrogens (tertiary/aromatic N) is 2. The molecule has 9 rings (SSSR count). The van der Waals surface area contributed by atoms with Gasteiger partial charge in [0.25, 0.3) is 0 Å². The highest BCUT2D eigenvalue weighted by molar-refractivity contribution is 6.20. The lowest BCUT2D eigenvalue weighted by atomic mass is 10.00. The lowest BCUT2D eigenvalue weighted by molar-refractivity contribution is 0.824. The van der Waals surface area contributed by atoms with Gasteiger partial charge in [-0.25, -0.2) is 9.97 Å². The number of aromatic nitrogens is 5. The minimum atomic E-state index is 0.997. The van der Waals surface area contributed by atoms with E-state index in [1.54, 1.807) is 0 Å². The molecule has 10 bridgehead atoms. The first-order chi connectivity index (χ1) is 25.0.